The second-order valence-corrected chi connectivity index (χ2v) is 9.50. The van der Waals surface area contributed by atoms with Gasteiger partial charge in [0.1, 0.15) is 0 Å². The van der Waals surface area contributed by atoms with E-state index in [0.717, 1.165) is 21.7 Å². The third kappa shape index (κ3) is 5.86. The van der Waals surface area contributed by atoms with Crippen molar-refractivity contribution in [2.24, 2.45) is 5.92 Å². The quantitative estimate of drug-likeness (QED) is 0.537. The van der Waals surface area contributed by atoms with E-state index in [1.165, 1.54) is 0 Å². The van der Waals surface area contributed by atoms with E-state index >= 15 is 0 Å². The third-order valence-corrected chi connectivity index (χ3v) is 5.88. The van der Waals surface area contributed by atoms with E-state index in [1.807, 2.05) is 32.0 Å². The molecule has 0 aromatic heterocycles. The lowest BCUT2D eigenvalue weighted by Gasteiger charge is -2.20. The molecular weight excluding hydrogens is 420 g/mol. The Morgan fingerprint density at radius 1 is 1.00 bits per heavy atom. The highest BCUT2D eigenvalue weighted by molar-refractivity contribution is 5.99. The largest absolute Gasteiger partial charge is 0.457 e. The van der Waals surface area contributed by atoms with Crippen molar-refractivity contribution in [3.05, 3.63) is 70.3 Å². The van der Waals surface area contributed by atoms with Crippen molar-refractivity contribution < 1.29 is 23.9 Å². The van der Waals surface area contributed by atoms with E-state index in [-0.39, 0.29) is 30.1 Å². The average Bonchev–Trinajstić information content (AvgIpc) is 3.13. The lowest BCUT2D eigenvalue weighted by molar-refractivity contribution is -0.147. The van der Waals surface area contributed by atoms with Crippen LogP contribution in [0, 0.1) is 19.8 Å². The summed E-state index contributed by atoms with van der Waals surface area (Å²) in [5.74, 6) is -2.49. The van der Waals surface area contributed by atoms with E-state index in [4.69, 9.17) is 4.74 Å². The number of nitrogens with one attached hydrogen (secondary N) is 1. The van der Waals surface area contributed by atoms with Crippen LogP contribution in [0.1, 0.15) is 64.6 Å². The lowest BCUT2D eigenvalue weighted by Crippen LogP contribution is -2.43. The fraction of sp³-hybridized carbons (Fsp3) is 0.385. The zero-order chi connectivity index (χ0) is 24.3. The molecule has 2 aromatic carbocycles. The van der Waals surface area contributed by atoms with E-state index < -0.39 is 24.4 Å². The van der Waals surface area contributed by atoms with Crippen molar-refractivity contribution in [1.29, 1.82) is 0 Å². The molecule has 0 aliphatic carbocycles. The number of carbonyl (C=O) groups is 4. The first kappa shape index (κ1) is 24.2. The van der Waals surface area contributed by atoms with Gasteiger partial charge in [0.2, 0.25) is 5.91 Å². The second kappa shape index (κ2) is 9.57. The molecule has 7 nitrogen and oxygen atoms in total. The lowest BCUT2D eigenvalue weighted by atomic mass is 9.87. The number of aryl methyl sites for hydroxylation is 2. The fourth-order valence-electron chi connectivity index (χ4n) is 3.54. The minimum Gasteiger partial charge on any atom is -0.457 e. The van der Waals surface area contributed by atoms with Crippen molar-refractivity contribution in [3.8, 4) is 0 Å². The summed E-state index contributed by atoms with van der Waals surface area (Å²) in [5.41, 5.74) is 6.56. The summed E-state index contributed by atoms with van der Waals surface area (Å²) in [5, 5.41) is 1.14. The summed E-state index contributed by atoms with van der Waals surface area (Å²) in [6.45, 7) is 9.72. The summed E-state index contributed by atoms with van der Waals surface area (Å²) in [7, 11) is 0. The molecule has 1 saturated heterocycles. The molecule has 1 heterocycles. The first-order valence-corrected chi connectivity index (χ1v) is 10.9. The normalized spacial score (nSPS) is 16.0. The number of ketones is 1. The van der Waals surface area contributed by atoms with Crippen molar-refractivity contribution in [2.45, 2.75) is 46.5 Å². The van der Waals surface area contributed by atoms with Crippen LogP contribution in [0.3, 0.4) is 0 Å². The molecule has 1 N–H and O–H groups in total. The fourth-order valence-corrected chi connectivity index (χ4v) is 3.54. The van der Waals surface area contributed by atoms with Crippen LogP contribution in [-0.4, -0.2) is 41.7 Å². The molecule has 1 aliphatic heterocycles. The number of rotatable bonds is 6. The minimum absolute atomic E-state index is 0.00130. The Labute approximate surface area is 194 Å². The zero-order valence-corrected chi connectivity index (χ0v) is 19.7. The molecule has 3 rings (SSSR count). The number of carbonyl (C=O) groups excluding carboxylic acids is 4. The van der Waals surface area contributed by atoms with Gasteiger partial charge in [-0.1, -0.05) is 45.0 Å². The number of esters is 1. The van der Waals surface area contributed by atoms with Gasteiger partial charge in [-0.25, -0.2) is 0 Å². The molecule has 7 heteroatoms. The van der Waals surface area contributed by atoms with Crippen molar-refractivity contribution >= 4 is 23.6 Å². The maximum atomic E-state index is 12.5. The molecule has 1 aliphatic rings. The monoisotopic (exact) mass is 450 g/mol. The molecule has 0 spiro atoms. The number of Topliss-reactive ketones (excluding diaryl/α,β-unsaturated/α-hetero) is 1. The third-order valence-electron chi connectivity index (χ3n) is 5.88. The molecular formula is C26H30N2O5. The Balaban J connectivity index is 1.53. The van der Waals surface area contributed by atoms with Gasteiger partial charge in [-0.3, -0.25) is 29.6 Å². The highest BCUT2D eigenvalue weighted by atomic mass is 16.5. The van der Waals surface area contributed by atoms with Gasteiger partial charge in [-0.15, -0.1) is 0 Å². The first-order chi connectivity index (χ1) is 15.5. The Kier molecular flexibility index (Phi) is 7.01. The predicted molar refractivity (Wildman–Crippen MR) is 124 cm³/mol. The van der Waals surface area contributed by atoms with E-state index in [0.29, 0.717) is 11.1 Å². The highest BCUT2D eigenvalue weighted by Crippen LogP contribution is 2.23. The Hall–Kier alpha value is -3.48. The zero-order valence-electron chi connectivity index (χ0n) is 19.7. The van der Waals surface area contributed by atoms with Crippen molar-refractivity contribution in [3.63, 3.8) is 0 Å². The second-order valence-electron chi connectivity index (χ2n) is 9.50. The molecule has 174 valence electrons. The number of hydrazine groups is 1. The number of benzene rings is 2. The molecule has 33 heavy (non-hydrogen) atoms. The number of ether oxygens (including phenoxy) is 1. The van der Waals surface area contributed by atoms with Crippen molar-refractivity contribution in [1.82, 2.24) is 10.4 Å². The molecule has 0 bridgehead atoms. The maximum Gasteiger partial charge on any atom is 0.311 e. The highest BCUT2D eigenvalue weighted by Gasteiger charge is 2.36. The van der Waals surface area contributed by atoms with Crippen LogP contribution in [-0.2, 0) is 19.7 Å². The van der Waals surface area contributed by atoms with Gasteiger partial charge in [-0.05, 0) is 54.2 Å². The molecule has 0 unspecified atom stereocenters. The summed E-state index contributed by atoms with van der Waals surface area (Å²) < 4.78 is 5.16. The standard InChI is InChI=1S/C26H30N2O5/c1-16-6-7-19(12-17(16)2)22(29)15-33-25(32)20-13-23(30)28(14-20)27-24(31)18-8-10-21(11-9-18)26(3,4)5/h6-12,20H,13-15H2,1-5H3,(H,27,31)/t20-/m0/s1. The minimum atomic E-state index is -0.742. The van der Waals surface area contributed by atoms with Gasteiger partial charge < -0.3 is 4.74 Å². The summed E-state index contributed by atoms with van der Waals surface area (Å²) >= 11 is 0. The molecule has 2 amide bonds. The predicted octanol–water partition coefficient (Wildman–Crippen LogP) is 3.52. The Bertz CT molecular complexity index is 1080. The SMILES string of the molecule is Cc1ccc(C(=O)COC(=O)[C@H]2CC(=O)N(NC(=O)c3ccc(C(C)(C)C)cc3)C2)cc1C. The summed E-state index contributed by atoms with van der Waals surface area (Å²) in [4.78, 5) is 49.6. The van der Waals surface area contributed by atoms with Gasteiger partial charge in [0, 0.05) is 17.5 Å². The molecule has 1 fully saturated rings. The Morgan fingerprint density at radius 2 is 1.64 bits per heavy atom. The summed E-state index contributed by atoms with van der Waals surface area (Å²) in [6, 6.07) is 12.5. The van der Waals surface area contributed by atoms with Crippen LogP contribution in [0.5, 0.6) is 0 Å². The van der Waals surface area contributed by atoms with Gasteiger partial charge in [0.15, 0.2) is 12.4 Å². The van der Waals surface area contributed by atoms with Gasteiger partial charge in [0.25, 0.3) is 5.91 Å². The number of hydrogen-bond donors (Lipinski definition) is 1. The maximum absolute atomic E-state index is 12.5. The van der Waals surface area contributed by atoms with Crippen LogP contribution in [0.2, 0.25) is 0 Å². The van der Waals surface area contributed by atoms with Gasteiger partial charge in [0.05, 0.1) is 12.5 Å². The van der Waals surface area contributed by atoms with Crippen LogP contribution < -0.4 is 5.43 Å². The van der Waals surface area contributed by atoms with E-state index in [9.17, 15) is 19.2 Å². The van der Waals surface area contributed by atoms with E-state index in [1.54, 1.807) is 24.3 Å². The van der Waals surface area contributed by atoms with Crippen molar-refractivity contribution in [2.75, 3.05) is 13.2 Å². The van der Waals surface area contributed by atoms with E-state index in [2.05, 4.69) is 26.2 Å². The molecule has 0 saturated carbocycles. The Morgan fingerprint density at radius 3 is 2.24 bits per heavy atom. The van der Waals surface area contributed by atoms with Crippen LogP contribution >= 0.6 is 0 Å². The molecule has 2 aromatic rings. The number of nitrogens with zero attached hydrogens (tertiary/aromatic N) is 1. The smallest absolute Gasteiger partial charge is 0.311 e. The summed E-state index contributed by atoms with van der Waals surface area (Å²) in [6.07, 6.45) is -0.0834. The average molecular weight is 451 g/mol. The van der Waals surface area contributed by atoms with Gasteiger partial charge in [-0.2, -0.15) is 0 Å². The topological polar surface area (TPSA) is 92.8 Å². The van der Waals surface area contributed by atoms with Crippen LogP contribution in [0.4, 0.5) is 0 Å². The number of hydrogen-bond acceptors (Lipinski definition) is 5. The number of amides is 2. The molecule has 1 atom stereocenters. The van der Waals surface area contributed by atoms with Crippen LogP contribution in [0.25, 0.3) is 0 Å². The van der Waals surface area contributed by atoms with Gasteiger partial charge >= 0.3 is 5.97 Å². The molecule has 0 radical (unpaired) electrons. The van der Waals surface area contributed by atoms with Crippen LogP contribution in [0.15, 0.2) is 42.5 Å². The first-order valence-electron chi connectivity index (χ1n) is 10.9.